The Labute approximate surface area is 250 Å². The first-order chi connectivity index (χ1) is 19.5. The number of aromatic amines is 1. The summed E-state index contributed by atoms with van der Waals surface area (Å²) < 4.78 is 75.8. The number of benzene rings is 2. The van der Waals surface area contributed by atoms with Crippen molar-refractivity contribution in [1.29, 1.82) is 0 Å². The van der Waals surface area contributed by atoms with Crippen molar-refractivity contribution in [1.82, 2.24) is 24.1 Å². The van der Waals surface area contributed by atoms with Crippen molar-refractivity contribution in [3.63, 3.8) is 0 Å². The normalized spacial score (nSPS) is 17.9. The number of amides is 1. The maximum atomic E-state index is 13.4. The van der Waals surface area contributed by atoms with Gasteiger partial charge in [0.05, 0.1) is 21.8 Å². The molecule has 0 spiro atoms. The Bertz CT molecular complexity index is 1610. The zero-order valence-electron chi connectivity index (χ0n) is 22.9. The molecule has 2 saturated heterocycles. The smallest absolute Gasteiger partial charge is 0.416 e. The lowest BCUT2D eigenvalue weighted by atomic mass is 10.1. The Morgan fingerprint density at radius 1 is 1.07 bits per heavy atom. The number of alkyl halides is 3. The third kappa shape index (κ3) is 6.57. The second-order valence-electron chi connectivity index (χ2n) is 11.2. The van der Waals surface area contributed by atoms with E-state index in [1.807, 2.05) is 20.8 Å². The fourth-order valence-corrected chi connectivity index (χ4v) is 6.51. The standard InChI is InChI=1S/C26H29Cl2F3N6O4S/c1-25(2,3)41-24(38)36-13-17(14-36)35-6-8-37(9-7-35)42(39,40)34-20-5-4-16(27)12-18(20)23-32-21-11-15(26(29,30)31)10-19(28)22(21)33-23/h4-5,10-12,17,34H,6-9,13-14H2,1-3H3,(H,32,33). The summed E-state index contributed by atoms with van der Waals surface area (Å²) in [6.07, 6.45) is -4.98. The van der Waals surface area contributed by atoms with E-state index in [9.17, 15) is 26.4 Å². The quantitative estimate of drug-likeness (QED) is 0.381. The van der Waals surface area contributed by atoms with E-state index in [4.69, 9.17) is 27.9 Å². The minimum Gasteiger partial charge on any atom is -0.444 e. The summed E-state index contributed by atoms with van der Waals surface area (Å²) >= 11 is 12.3. The van der Waals surface area contributed by atoms with Crippen molar-refractivity contribution >= 4 is 56.2 Å². The van der Waals surface area contributed by atoms with Gasteiger partial charge in [-0.2, -0.15) is 25.9 Å². The summed E-state index contributed by atoms with van der Waals surface area (Å²) in [5.41, 5.74) is -1.00. The number of nitrogens with zero attached hydrogens (tertiary/aromatic N) is 4. The second kappa shape index (κ2) is 11.1. The van der Waals surface area contributed by atoms with Crippen LogP contribution in [0.4, 0.5) is 23.7 Å². The van der Waals surface area contributed by atoms with E-state index >= 15 is 0 Å². The predicted octanol–water partition coefficient (Wildman–Crippen LogP) is 5.45. The predicted molar refractivity (Wildman–Crippen MR) is 154 cm³/mol. The Morgan fingerprint density at radius 2 is 1.74 bits per heavy atom. The van der Waals surface area contributed by atoms with Gasteiger partial charge in [-0.25, -0.2) is 9.78 Å². The molecule has 5 rings (SSSR count). The molecule has 0 aliphatic carbocycles. The van der Waals surface area contributed by atoms with Crippen LogP contribution in [0.5, 0.6) is 0 Å². The molecule has 1 aromatic heterocycles. The molecule has 42 heavy (non-hydrogen) atoms. The van der Waals surface area contributed by atoms with Crippen LogP contribution in [0, 0.1) is 0 Å². The number of fused-ring (bicyclic) bond motifs is 1. The number of nitrogens with one attached hydrogen (secondary N) is 2. The van der Waals surface area contributed by atoms with Crippen LogP contribution >= 0.6 is 23.2 Å². The number of rotatable bonds is 5. The third-order valence-electron chi connectivity index (χ3n) is 6.99. The molecule has 0 saturated carbocycles. The van der Waals surface area contributed by atoms with Crippen molar-refractivity contribution in [2.75, 3.05) is 44.0 Å². The zero-order chi connectivity index (χ0) is 30.6. The van der Waals surface area contributed by atoms with Crippen molar-refractivity contribution in [3.8, 4) is 11.4 Å². The van der Waals surface area contributed by atoms with Crippen molar-refractivity contribution in [3.05, 3.63) is 45.9 Å². The Morgan fingerprint density at radius 3 is 2.36 bits per heavy atom. The minimum absolute atomic E-state index is 0.0379. The fourth-order valence-electron chi connectivity index (χ4n) is 4.84. The molecule has 10 nitrogen and oxygen atoms in total. The topological polar surface area (TPSA) is 111 Å². The maximum absolute atomic E-state index is 13.4. The van der Waals surface area contributed by atoms with E-state index in [-0.39, 0.29) is 63.4 Å². The molecule has 16 heteroatoms. The molecule has 3 heterocycles. The first-order valence-electron chi connectivity index (χ1n) is 13.1. The van der Waals surface area contributed by atoms with Gasteiger partial charge in [0.2, 0.25) is 0 Å². The number of H-pyrrole nitrogens is 1. The van der Waals surface area contributed by atoms with E-state index in [2.05, 4.69) is 19.6 Å². The van der Waals surface area contributed by atoms with Gasteiger partial charge in [0.25, 0.3) is 0 Å². The average molecular weight is 650 g/mol. The van der Waals surface area contributed by atoms with Gasteiger partial charge in [0, 0.05) is 55.9 Å². The highest BCUT2D eigenvalue weighted by atomic mass is 35.5. The first-order valence-corrected chi connectivity index (χ1v) is 15.3. The number of anilines is 1. The lowest BCUT2D eigenvalue weighted by Crippen LogP contribution is -2.65. The molecule has 0 atom stereocenters. The Kier molecular flexibility index (Phi) is 8.07. The lowest BCUT2D eigenvalue weighted by Gasteiger charge is -2.47. The van der Waals surface area contributed by atoms with Gasteiger partial charge in [-0.05, 0) is 51.1 Å². The van der Waals surface area contributed by atoms with Gasteiger partial charge in [-0.15, -0.1) is 0 Å². The Balaban J connectivity index is 1.27. The largest absolute Gasteiger partial charge is 0.444 e. The van der Waals surface area contributed by atoms with Crippen molar-refractivity contribution in [2.45, 2.75) is 38.6 Å². The van der Waals surface area contributed by atoms with Gasteiger partial charge in [0.1, 0.15) is 16.9 Å². The molecule has 2 fully saturated rings. The summed E-state index contributed by atoms with van der Waals surface area (Å²) in [7, 11) is -4.01. The van der Waals surface area contributed by atoms with Crippen LogP contribution in [0.1, 0.15) is 26.3 Å². The highest BCUT2D eigenvalue weighted by Crippen LogP contribution is 2.37. The number of hydrogen-bond acceptors (Lipinski definition) is 6. The monoisotopic (exact) mass is 648 g/mol. The maximum Gasteiger partial charge on any atom is 0.416 e. The molecule has 2 aromatic carbocycles. The summed E-state index contributed by atoms with van der Waals surface area (Å²) in [6, 6.07) is 6.21. The van der Waals surface area contributed by atoms with E-state index in [0.29, 0.717) is 26.2 Å². The number of hydrogen-bond donors (Lipinski definition) is 2. The van der Waals surface area contributed by atoms with E-state index < -0.39 is 27.6 Å². The SMILES string of the molecule is CC(C)(C)OC(=O)N1CC(N2CCN(S(=O)(=O)Nc3ccc(Cl)cc3-c3nc4c(Cl)cc(C(F)(F)F)cc4[nH]3)CC2)C1. The molecular formula is C26H29Cl2F3N6O4S. The van der Waals surface area contributed by atoms with Crippen LogP contribution in [0.2, 0.25) is 10.0 Å². The summed E-state index contributed by atoms with van der Waals surface area (Å²) in [6.45, 7) is 7.85. The van der Waals surface area contributed by atoms with E-state index in [0.717, 1.165) is 12.1 Å². The van der Waals surface area contributed by atoms with Crippen molar-refractivity contribution < 1.29 is 31.1 Å². The minimum atomic E-state index is -4.61. The number of likely N-dealkylation sites (tertiary alicyclic amines) is 1. The number of imidazole rings is 1. The number of carbonyl (C=O) groups is 1. The van der Waals surface area contributed by atoms with Crippen LogP contribution in [-0.4, -0.2) is 89.5 Å². The van der Waals surface area contributed by atoms with Gasteiger partial charge in [0.15, 0.2) is 0 Å². The molecule has 0 unspecified atom stereocenters. The van der Waals surface area contributed by atoms with Crippen LogP contribution in [0.25, 0.3) is 22.4 Å². The Hall–Kier alpha value is -2.78. The zero-order valence-corrected chi connectivity index (χ0v) is 25.3. The molecule has 2 N–H and O–H groups in total. The molecule has 1 amide bonds. The van der Waals surface area contributed by atoms with Gasteiger partial charge >= 0.3 is 22.5 Å². The molecule has 2 aliphatic rings. The highest BCUT2D eigenvalue weighted by molar-refractivity contribution is 7.90. The number of aromatic nitrogens is 2. The van der Waals surface area contributed by atoms with Crippen molar-refractivity contribution in [2.24, 2.45) is 0 Å². The lowest BCUT2D eigenvalue weighted by molar-refractivity contribution is -0.137. The number of halogens is 5. The molecule has 3 aromatic rings. The molecule has 0 radical (unpaired) electrons. The molecule has 228 valence electrons. The average Bonchev–Trinajstić information content (AvgIpc) is 3.28. The van der Waals surface area contributed by atoms with Crippen LogP contribution in [-0.2, 0) is 21.1 Å². The molecule has 2 aliphatic heterocycles. The van der Waals surface area contributed by atoms with Crippen LogP contribution < -0.4 is 4.72 Å². The summed E-state index contributed by atoms with van der Waals surface area (Å²) in [5.74, 6) is 0.0933. The highest BCUT2D eigenvalue weighted by Gasteiger charge is 2.39. The van der Waals surface area contributed by atoms with Crippen LogP contribution in [0.3, 0.4) is 0 Å². The first kappa shape index (κ1) is 30.7. The number of piperazine rings is 1. The molecule has 0 bridgehead atoms. The van der Waals surface area contributed by atoms with E-state index in [1.54, 1.807) is 4.90 Å². The van der Waals surface area contributed by atoms with Crippen LogP contribution in [0.15, 0.2) is 30.3 Å². The van der Waals surface area contributed by atoms with E-state index in [1.165, 1.54) is 22.5 Å². The third-order valence-corrected chi connectivity index (χ3v) is 9.03. The number of ether oxygens (including phenoxy) is 1. The second-order valence-corrected chi connectivity index (χ2v) is 13.7. The van der Waals surface area contributed by atoms with Gasteiger partial charge in [-0.3, -0.25) is 9.62 Å². The fraction of sp³-hybridized carbons (Fsp3) is 0.462. The molecular weight excluding hydrogens is 620 g/mol. The van der Waals surface area contributed by atoms with Gasteiger partial charge in [-0.1, -0.05) is 23.2 Å². The van der Waals surface area contributed by atoms with Gasteiger partial charge < -0.3 is 14.6 Å². The number of carbonyl (C=O) groups excluding carboxylic acids is 1. The summed E-state index contributed by atoms with van der Waals surface area (Å²) in [5, 5.41) is 0.0649. The summed E-state index contributed by atoms with van der Waals surface area (Å²) in [4.78, 5) is 23.1.